The highest BCUT2D eigenvalue weighted by molar-refractivity contribution is 6.02. The maximum Gasteiger partial charge on any atom is 0.314 e. The van der Waals surface area contributed by atoms with Gasteiger partial charge in [0.15, 0.2) is 0 Å². The van der Waals surface area contributed by atoms with Gasteiger partial charge in [-0.2, -0.15) is 8.78 Å². The molecule has 0 bridgehead atoms. The monoisotopic (exact) mass is 467 g/mol. The molecule has 3 aromatic heterocycles. The number of rotatable bonds is 8. The number of hydrogen-bond donors (Lipinski definition) is 0. The van der Waals surface area contributed by atoms with Crippen molar-refractivity contribution in [3.05, 3.63) is 72.1 Å². The van der Waals surface area contributed by atoms with Gasteiger partial charge in [-0.25, -0.2) is 0 Å². The van der Waals surface area contributed by atoms with Crippen LogP contribution >= 0.6 is 0 Å². The van der Waals surface area contributed by atoms with E-state index in [0.717, 1.165) is 5.56 Å². The smallest absolute Gasteiger partial charge is 0.314 e. The minimum absolute atomic E-state index is 0.0723. The first kappa shape index (κ1) is 22.8. The van der Waals surface area contributed by atoms with Crippen LogP contribution in [0.3, 0.4) is 0 Å². The number of aromatic nitrogens is 3. The first-order valence-electron chi connectivity index (χ1n) is 10.1. The summed E-state index contributed by atoms with van der Waals surface area (Å²) in [7, 11) is 3.16. The van der Waals surface area contributed by atoms with E-state index >= 15 is 0 Å². The summed E-state index contributed by atoms with van der Waals surface area (Å²) < 4.78 is 35.6. The molecule has 4 rings (SSSR count). The van der Waals surface area contributed by atoms with E-state index in [1.54, 1.807) is 62.8 Å². The second-order valence-electron chi connectivity index (χ2n) is 7.37. The first-order chi connectivity index (χ1) is 16.4. The largest absolute Gasteiger partial charge is 0.464 e. The second kappa shape index (κ2) is 9.61. The Bertz CT molecular complexity index is 1290. The third-order valence-corrected chi connectivity index (χ3v) is 5.02. The van der Waals surface area contributed by atoms with Crippen LogP contribution < -0.4 is 4.90 Å². The zero-order valence-corrected chi connectivity index (χ0v) is 18.2. The summed E-state index contributed by atoms with van der Waals surface area (Å²) in [6.07, 6.45) is 0.708. The number of pyridine rings is 1. The van der Waals surface area contributed by atoms with Crippen LogP contribution in [0.2, 0.25) is 0 Å². The highest BCUT2D eigenvalue weighted by Gasteiger charge is 2.21. The molecule has 11 heteroatoms. The number of hydrogen-bond acceptors (Lipinski definition) is 7. The fourth-order valence-electron chi connectivity index (χ4n) is 3.26. The predicted molar refractivity (Wildman–Crippen MR) is 117 cm³/mol. The van der Waals surface area contributed by atoms with Crippen molar-refractivity contribution in [1.82, 2.24) is 20.1 Å². The Morgan fingerprint density at radius 1 is 1.12 bits per heavy atom. The molecule has 2 amide bonds. The van der Waals surface area contributed by atoms with Gasteiger partial charge in [-0.3, -0.25) is 14.6 Å². The van der Waals surface area contributed by atoms with Crippen LogP contribution in [-0.2, 0) is 11.3 Å². The summed E-state index contributed by atoms with van der Waals surface area (Å²) in [5.41, 5.74) is 2.40. The Morgan fingerprint density at radius 3 is 2.53 bits per heavy atom. The van der Waals surface area contributed by atoms with E-state index in [-0.39, 0.29) is 18.3 Å². The predicted octanol–water partition coefficient (Wildman–Crippen LogP) is 4.19. The van der Waals surface area contributed by atoms with E-state index < -0.39 is 12.3 Å². The minimum atomic E-state index is -2.86. The molecule has 0 saturated carbocycles. The first-order valence-corrected chi connectivity index (χ1v) is 10.1. The van der Waals surface area contributed by atoms with Crippen molar-refractivity contribution in [2.24, 2.45) is 0 Å². The molecular formula is C23H19F2N5O4. The van der Waals surface area contributed by atoms with Crippen LogP contribution in [-0.4, -0.2) is 46.5 Å². The molecule has 0 fully saturated rings. The third-order valence-electron chi connectivity index (χ3n) is 5.02. The molecule has 0 aliphatic rings. The summed E-state index contributed by atoms with van der Waals surface area (Å²) >= 11 is 0. The number of alkyl halides is 2. The van der Waals surface area contributed by atoms with Crippen molar-refractivity contribution >= 4 is 18.0 Å². The van der Waals surface area contributed by atoms with E-state index in [9.17, 15) is 18.4 Å². The standard InChI is InChI=1S/C23H19F2N5O4/c1-29(12-16-7-5-15(11-26-16)21-27-28-22(34-21)20(24)25)23(32)17-8-6-14(19-4-3-9-33-19)10-18(17)30(2)13-31/h3-11,13,20H,12H2,1-2H3. The molecule has 4 aromatic rings. The highest BCUT2D eigenvalue weighted by Crippen LogP contribution is 2.29. The van der Waals surface area contributed by atoms with E-state index in [2.05, 4.69) is 15.2 Å². The van der Waals surface area contributed by atoms with Gasteiger partial charge in [0.2, 0.25) is 12.3 Å². The lowest BCUT2D eigenvalue weighted by molar-refractivity contribution is -0.107. The molecule has 0 N–H and O–H groups in total. The Labute approximate surface area is 192 Å². The zero-order chi connectivity index (χ0) is 24.2. The van der Waals surface area contributed by atoms with Gasteiger partial charge in [0.05, 0.1) is 35.3 Å². The van der Waals surface area contributed by atoms with Gasteiger partial charge < -0.3 is 18.6 Å². The number of amides is 2. The average molecular weight is 467 g/mol. The molecule has 174 valence electrons. The third kappa shape index (κ3) is 4.68. The van der Waals surface area contributed by atoms with Crippen LogP contribution in [0.5, 0.6) is 0 Å². The molecule has 0 atom stereocenters. The number of halogens is 2. The maximum absolute atomic E-state index is 13.2. The van der Waals surface area contributed by atoms with Gasteiger partial charge in [0, 0.05) is 25.9 Å². The van der Waals surface area contributed by atoms with Crippen molar-refractivity contribution in [1.29, 1.82) is 0 Å². The Kier molecular flexibility index (Phi) is 6.44. The maximum atomic E-state index is 13.2. The number of carbonyl (C=O) groups is 2. The molecule has 0 unspecified atom stereocenters. The van der Waals surface area contributed by atoms with Crippen LogP contribution in [0.4, 0.5) is 14.5 Å². The highest BCUT2D eigenvalue weighted by atomic mass is 19.3. The van der Waals surface area contributed by atoms with Gasteiger partial charge in [0.25, 0.3) is 11.8 Å². The van der Waals surface area contributed by atoms with Gasteiger partial charge in [-0.05, 0) is 36.4 Å². The number of furan rings is 1. The van der Waals surface area contributed by atoms with Crippen molar-refractivity contribution in [2.45, 2.75) is 13.0 Å². The van der Waals surface area contributed by atoms with E-state index in [0.29, 0.717) is 34.7 Å². The van der Waals surface area contributed by atoms with E-state index in [4.69, 9.17) is 8.83 Å². The van der Waals surface area contributed by atoms with Gasteiger partial charge in [-0.1, -0.05) is 6.07 Å². The SMILES string of the molecule is CN(Cc1ccc(-c2nnc(C(F)F)o2)cn1)C(=O)c1ccc(-c2ccco2)cc1N(C)C=O. The molecule has 9 nitrogen and oxygen atoms in total. The molecule has 0 aliphatic heterocycles. The van der Waals surface area contributed by atoms with E-state index in [1.165, 1.54) is 16.0 Å². The number of anilines is 1. The Balaban J connectivity index is 1.52. The number of carbonyl (C=O) groups excluding carboxylic acids is 2. The lowest BCUT2D eigenvalue weighted by Crippen LogP contribution is -2.29. The lowest BCUT2D eigenvalue weighted by atomic mass is 10.1. The van der Waals surface area contributed by atoms with E-state index in [1.807, 2.05) is 0 Å². The van der Waals surface area contributed by atoms with Crippen LogP contribution in [0.1, 0.15) is 28.4 Å². The molecule has 0 aliphatic carbocycles. The minimum Gasteiger partial charge on any atom is -0.464 e. The summed E-state index contributed by atoms with van der Waals surface area (Å²) in [5, 5.41) is 6.87. The Hall–Kier alpha value is -4.41. The molecule has 1 aromatic carbocycles. The molecular weight excluding hydrogens is 448 g/mol. The number of nitrogens with zero attached hydrogens (tertiary/aromatic N) is 5. The molecule has 0 saturated heterocycles. The van der Waals surface area contributed by atoms with Gasteiger partial charge in [-0.15, -0.1) is 10.2 Å². The fourth-order valence-corrected chi connectivity index (χ4v) is 3.26. The van der Waals surface area contributed by atoms with Crippen molar-refractivity contribution in [2.75, 3.05) is 19.0 Å². The van der Waals surface area contributed by atoms with Gasteiger partial charge in [0.1, 0.15) is 5.76 Å². The summed E-state index contributed by atoms with van der Waals surface area (Å²) in [5.74, 6) is -0.548. The number of benzene rings is 1. The average Bonchev–Trinajstić information content (AvgIpc) is 3.56. The lowest BCUT2D eigenvalue weighted by Gasteiger charge is -2.21. The van der Waals surface area contributed by atoms with Crippen molar-refractivity contribution < 1.29 is 27.2 Å². The van der Waals surface area contributed by atoms with Gasteiger partial charge >= 0.3 is 6.43 Å². The van der Waals surface area contributed by atoms with Crippen molar-refractivity contribution in [3.8, 4) is 22.8 Å². The molecule has 3 heterocycles. The summed E-state index contributed by atoms with van der Waals surface area (Å²) in [6.45, 7) is 0.162. The van der Waals surface area contributed by atoms with Crippen LogP contribution in [0, 0.1) is 0 Å². The molecule has 34 heavy (non-hydrogen) atoms. The summed E-state index contributed by atoms with van der Waals surface area (Å²) in [6, 6.07) is 11.8. The normalized spacial score (nSPS) is 11.0. The summed E-state index contributed by atoms with van der Waals surface area (Å²) in [4.78, 5) is 31.6. The second-order valence-corrected chi connectivity index (χ2v) is 7.37. The van der Waals surface area contributed by atoms with Crippen LogP contribution in [0.25, 0.3) is 22.8 Å². The quantitative estimate of drug-likeness (QED) is 0.358. The zero-order valence-electron chi connectivity index (χ0n) is 18.2. The Morgan fingerprint density at radius 2 is 1.91 bits per heavy atom. The molecule has 0 spiro atoms. The van der Waals surface area contributed by atoms with Crippen molar-refractivity contribution in [3.63, 3.8) is 0 Å². The van der Waals surface area contributed by atoms with Crippen LogP contribution in [0.15, 0.2) is 63.8 Å². The molecule has 0 radical (unpaired) electrons. The fraction of sp³-hybridized carbons (Fsp3) is 0.174. The topological polar surface area (TPSA) is 106 Å².